The van der Waals surface area contributed by atoms with Crippen LogP contribution in [-0.2, 0) is 14.8 Å². The highest BCUT2D eigenvalue weighted by molar-refractivity contribution is 7.89. The van der Waals surface area contributed by atoms with Crippen LogP contribution in [0.15, 0.2) is 23.1 Å². The van der Waals surface area contributed by atoms with E-state index in [9.17, 15) is 26.4 Å². The number of hydrogen-bond acceptors (Lipinski definition) is 4. The van der Waals surface area contributed by atoms with Crippen molar-refractivity contribution < 1.29 is 31.1 Å². The Kier molecular flexibility index (Phi) is 5.51. The third-order valence-corrected chi connectivity index (χ3v) is 5.53. The molecule has 0 saturated carbocycles. The van der Waals surface area contributed by atoms with Crippen molar-refractivity contribution in [1.82, 2.24) is 9.62 Å². The first kappa shape index (κ1) is 18.7. The number of carbonyl (C=O) groups is 1. The van der Waals surface area contributed by atoms with Crippen LogP contribution in [0.5, 0.6) is 0 Å². The Balaban J connectivity index is 2.26. The summed E-state index contributed by atoms with van der Waals surface area (Å²) in [6.45, 7) is 0.989. The number of hydrogen-bond donors (Lipinski definition) is 1. The molecule has 24 heavy (non-hydrogen) atoms. The van der Waals surface area contributed by atoms with Crippen LogP contribution in [0.25, 0.3) is 0 Å². The lowest BCUT2D eigenvalue weighted by atomic mass is 10.1. The van der Waals surface area contributed by atoms with Crippen molar-refractivity contribution in [3.63, 3.8) is 0 Å². The first-order valence-corrected chi connectivity index (χ1v) is 8.59. The number of halogens is 3. The summed E-state index contributed by atoms with van der Waals surface area (Å²) in [6, 6.07) is 3.79. The lowest BCUT2D eigenvalue weighted by Gasteiger charge is -2.26. The Morgan fingerprint density at radius 2 is 1.92 bits per heavy atom. The predicted molar refractivity (Wildman–Crippen MR) is 79.1 cm³/mol. The molecule has 1 heterocycles. The lowest BCUT2D eigenvalue weighted by molar-refractivity contribution is -0.123. The standard InChI is InChI=1S/C14H17F3N2O4S/c1-10-2-3-11(13(20)18-9-14(15,16)17)8-12(10)24(21,22)19-4-6-23-7-5-19/h2-3,8H,4-7,9H2,1H3,(H,18,20). The van der Waals surface area contributed by atoms with Gasteiger partial charge in [0.15, 0.2) is 0 Å². The number of nitrogens with one attached hydrogen (secondary N) is 1. The van der Waals surface area contributed by atoms with E-state index >= 15 is 0 Å². The number of carbonyl (C=O) groups excluding carboxylic acids is 1. The molecule has 2 rings (SSSR count). The molecule has 10 heteroatoms. The maximum absolute atomic E-state index is 12.7. The average molecular weight is 366 g/mol. The zero-order chi connectivity index (χ0) is 18.0. The topological polar surface area (TPSA) is 75.7 Å². The van der Waals surface area contributed by atoms with Gasteiger partial charge in [0.25, 0.3) is 5.91 Å². The fourth-order valence-corrected chi connectivity index (χ4v) is 3.89. The van der Waals surface area contributed by atoms with E-state index < -0.39 is 28.7 Å². The summed E-state index contributed by atoms with van der Waals surface area (Å²) in [7, 11) is -3.84. The van der Waals surface area contributed by atoms with Gasteiger partial charge in [-0.05, 0) is 24.6 Å². The Bertz CT molecular complexity index is 713. The summed E-state index contributed by atoms with van der Waals surface area (Å²) in [4.78, 5) is 11.7. The van der Waals surface area contributed by atoms with Crippen molar-refractivity contribution in [1.29, 1.82) is 0 Å². The molecule has 0 radical (unpaired) electrons. The molecule has 134 valence electrons. The molecule has 0 aromatic heterocycles. The molecular weight excluding hydrogens is 349 g/mol. The molecule has 0 unspecified atom stereocenters. The number of sulfonamides is 1. The van der Waals surface area contributed by atoms with Gasteiger partial charge >= 0.3 is 6.18 Å². The van der Waals surface area contributed by atoms with Crippen molar-refractivity contribution in [3.8, 4) is 0 Å². The predicted octanol–water partition coefficient (Wildman–Crippen LogP) is 1.31. The minimum absolute atomic E-state index is 0.0935. The number of morpholine rings is 1. The van der Waals surface area contributed by atoms with Crippen LogP contribution in [0.2, 0.25) is 0 Å². The van der Waals surface area contributed by atoms with Crippen LogP contribution < -0.4 is 5.32 Å². The van der Waals surface area contributed by atoms with Crippen LogP contribution >= 0.6 is 0 Å². The number of rotatable bonds is 4. The highest BCUT2D eigenvalue weighted by Crippen LogP contribution is 2.22. The molecule has 1 N–H and O–H groups in total. The van der Waals surface area contributed by atoms with Gasteiger partial charge in [-0.15, -0.1) is 0 Å². The van der Waals surface area contributed by atoms with E-state index in [2.05, 4.69) is 0 Å². The molecule has 0 spiro atoms. The third kappa shape index (κ3) is 4.46. The van der Waals surface area contributed by atoms with Crippen molar-refractivity contribution in [2.75, 3.05) is 32.8 Å². The van der Waals surface area contributed by atoms with E-state index in [0.717, 1.165) is 6.07 Å². The van der Waals surface area contributed by atoms with Gasteiger partial charge in [0, 0.05) is 18.7 Å². The molecular formula is C14H17F3N2O4S. The highest BCUT2D eigenvalue weighted by atomic mass is 32.2. The van der Waals surface area contributed by atoms with Crippen molar-refractivity contribution in [2.24, 2.45) is 0 Å². The molecule has 0 aliphatic carbocycles. The number of benzene rings is 1. The normalized spacial score (nSPS) is 16.8. The monoisotopic (exact) mass is 366 g/mol. The number of amides is 1. The molecule has 1 fully saturated rings. The fraction of sp³-hybridized carbons (Fsp3) is 0.500. The van der Waals surface area contributed by atoms with Gasteiger partial charge in [0.05, 0.1) is 18.1 Å². The zero-order valence-corrected chi connectivity index (χ0v) is 13.7. The Hall–Kier alpha value is -1.65. The van der Waals surface area contributed by atoms with E-state index in [-0.39, 0.29) is 36.8 Å². The molecule has 1 saturated heterocycles. The molecule has 1 aromatic rings. The van der Waals surface area contributed by atoms with E-state index in [1.54, 1.807) is 12.2 Å². The fourth-order valence-electron chi connectivity index (χ4n) is 2.23. The van der Waals surface area contributed by atoms with Gasteiger partial charge in [0.1, 0.15) is 6.54 Å². The number of nitrogens with zero attached hydrogens (tertiary/aromatic N) is 1. The summed E-state index contributed by atoms with van der Waals surface area (Å²) in [6.07, 6.45) is -4.54. The third-order valence-electron chi connectivity index (χ3n) is 3.49. The number of alkyl halides is 3. The van der Waals surface area contributed by atoms with Gasteiger partial charge in [-0.1, -0.05) is 6.07 Å². The SMILES string of the molecule is Cc1ccc(C(=O)NCC(F)(F)F)cc1S(=O)(=O)N1CCOCC1. The van der Waals surface area contributed by atoms with E-state index in [1.165, 1.54) is 16.4 Å². The summed E-state index contributed by atoms with van der Waals surface area (Å²) in [5.74, 6) is -0.981. The molecule has 0 atom stereocenters. The summed E-state index contributed by atoms with van der Waals surface area (Å²) in [5.41, 5.74) is 0.269. The van der Waals surface area contributed by atoms with Crippen molar-refractivity contribution >= 4 is 15.9 Å². The Morgan fingerprint density at radius 3 is 2.50 bits per heavy atom. The van der Waals surface area contributed by atoms with Crippen molar-refractivity contribution in [3.05, 3.63) is 29.3 Å². The second-order valence-corrected chi connectivity index (χ2v) is 7.20. The van der Waals surface area contributed by atoms with Crippen LogP contribution in [0.3, 0.4) is 0 Å². The average Bonchev–Trinajstić information content (AvgIpc) is 2.53. The summed E-state index contributed by atoms with van der Waals surface area (Å²) < 4.78 is 68.2. The van der Waals surface area contributed by atoms with Crippen molar-refractivity contribution in [2.45, 2.75) is 18.0 Å². The second kappa shape index (κ2) is 7.08. The minimum atomic E-state index is -4.54. The first-order chi connectivity index (χ1) is 11.1. The van der Waals surface area contributed by atoms with Crippen LogP contribution in [0.4, 0.5) is 13.2 Å². The number of ether oxygens (including phenoxy) is 1. The van der Waals surface area contributed by atoms with Crippen LogP contribution in [-0.4, -0.2) is 57.7 Å². The molecule has 1 aliphatic heterocycles. The van der Waals surface area contributed by atoms with E-state index in [1.807, 2.05) is 0 Å². The molecule has 1 amide bonds. The van der Waals surface area contributed by atoms with Gasteiger partial charge in [-0.3, -0.25) is 4.79 Å². The first-order valence-electron chi connectivity index (χ1n) is 7.15. The maximum Gasteiger partial charge on any atom is 0.405 e. The molecule has 1 aromatic carbocycles. The minimum Gasteiger partial charge on any atom is -0.379 e. The van der Waals surface area contributed by atoms with Gasteiger partial charge in [-0.2, -0.15) is 17.5 Å². The molecule has 6 nitrogen and oxygen atoms in total. The van der Waals surface area contributed by atoms with Crippen LogP contribution in [0.1, 0.15) is 15.9 Å². The second-order valence-electron chi connectivity index (χ2n) is 5.29. The summed E-state index contributed by atoms with van der Waals surface area (Å²) in [5, 5.41) is 1.72. The largest absolute Gasteiger partial charge is 0.405 e. The molecule has 1 aliphatic rings. The van der Waals surface area contributed by atoms with E-state index in [4.69, 9.17) is 4.74 Å². The molecule has 0 bridgehead atoms. The smallest absolute Gasteiger partial charge is 0.379 e. The zero-order valence-electron chi connectivity index (χ0n) is 12.9. The Labute approximate surface area is 137 Å². The van der Waals surface area contributed by atoms with Gasteiger partial charge in [-0.25, -0.2) is 8.42 Å². The van der Waals surface area contributed by atoms with Crippen LogP contribution in [0, 0.1) is 6.92 Å². The maximum atomic E-state index is 12.7. The highest BCUT2D eigenvalue weighted by Gasteiger charge is 2.30. The van der Waals surface area contributed by atoms with E-state index in [0.29, 0.717) is 5.56 Å². The quantitative estimate of drug-likeness (QED) is 0.872. The lowest BCUT2D eigenvalue weighted by Crippen LogP contribution is -2.41. The summed E-state index contributed by atoms with van der Waals surface area (Å²) >= 11 is 0. The number of aryl methyl sites for hydroxylation is 1. The van der Waals surface area contributed by atoms with Gasteiger partial charge in [0.2, 0.25) is 10.0 Å². The Morgan fingerprint density at radius 1 is 1.29 bits per heavy atom. The van der Waals surface area contributed by atoms with Gasteiger partial charge < -0.3 is 10.1 Å².